The fourth-order valence-electron chi connectivity index (χ4n) is 2.62. The first kappa shape index (κ1) is 17.8. The minimum Gasteiger partial charge on any atom is -0.479 e. The van der Waals surface area contributed by atoms with Gasteiger partial charge in [-0.05, 0) is 24.6 Å². The van der Waals surface area contributed by atoms with E-state index >= 15 is 0 Å². The molecule has 136 valence electrons. The maximum atomic E-state index is 12.5. The summed E-state index contributed by atoms with van der Waals surface area (Å²) in [5.41, 5.74) is 1.27. The van der Waals surface area contributed by atoms with Gasteiger partial charge in [-0.3, -0.25) is 9.59 Å². The summed E-state index contributed by atoms with van der Waals surface area (Å²) in [7, 11) is 0. The number of anilines is 2. The second kappa shape index (κ2) is 6.70. The number of nitrogens with one attached hydrogen (secondary N) is 1. The van der Waals surface area contributed by atoms with Crippen LogP contribution in [0.4, 0.5) is 24.5 Å². The Morgan fingerprint density at radius 1 is 1.19 bits per heavy atom. The molecule has 1 aliphatic rings. The van der Waals surface area contributed by atoms with Crippen LogP contribution in [0.15, 0.2) is 48.5 Å². The number of fused-ring (bicyclic) bond motifs is 1. The molecule has 26 heavy (non-hydrogen) atoms. The molecular formula is C18H15F3N2O3. The Bertz CT molecular complexity index is 837. The van der Waals surface area contributed by atoms with Gasteiger partial charge in [0, 0.05) is 11.8 Å². The van der Waals surface area contributed by atoms with Gasteiger partial charge in [0.1, 0.15) is 5.75 Å². The van der Waals surface area contributed by atoms with Crippen LogP contribution in [0.3, 0.4) is 0 Å². The fourth-order valence-corrected chi connectivity index (χ4v) is 2.62. The molecule has 0 radical (unpaired) electrons. The third-order valence-corrected chi connectivity index (χ3v) is 3.87. The van der Waals surface area contributed by atoms with Crippen LogP contribution in [-0.4, -0.2) is 24.1 Å². The van der Waals surface area contributed by atoms with Crippen LogP contribution in [0.25, 0.3) is 0 Å². The van der Waals surface area contributed by atoms with Gasteiger partial charge in [0.2, 0.25) is 0 Å². The summed E-state index contributed by atoms with van der Waals surface area (Å²) >= 11 is 0. The van der Waals surface area contributed by atoms with Crippen molar-refractivity contribution in [3.8, 4) is 5.75 Å². The number of carbonyl (C=O) groups is 2. The van der Waals surface area contributed by atoms with Crippen LogP contribution < -0.4 is 15.0 Å². The lowest BCUT2D eigenvalue weighted by atomic mass is 10.1. The van der Waals surface area contributed by atoms with E-state index in [-0.39, 0.29) is 17.3 Å². The lowest BCUT2D eigenvalue weighted by molar-refractivity contribution is -0.167. The number of rotatable bonds is 3. The highest BCUT2D eigenvalue weighted by Gasteiger charge is 2.39. The third-order valence-electron chi connectivity index (χ3n) is 3.87. The van der Waals surface area contributed by atoms with Crippen LogP contribution in [-0.2, 0) is 16.1 Å². The van der Waals surface area contributed by atoms with Crippen molar-refractivity contribution in [2.24, 2.45) is 0 Å². The zero-order valence-corrected chi connectivity index (χ0v) is 13.7. The van der Waals surface area contributed by atoms with Gasteiger partial charge in [-0.25, -0.2) is 0 Å². The molecule has 0 spiro atoms. The molecule has 1 atom stereocenters. The van der Waals surface area contributed by atoms with Gasteiger partial charge >= 0.3 is 12.1 Å². The molecule has 0 saturated carbocycles. The largest absolute Gasteiger partial charge is 0.479 e. The summed E-state index contributed by atoms with van der Waals surface area (Å²) in [5.74, 6) is -2.10. The van der Waals surface area contributed by atoms with E-state index in [9.17, 15) is 22.8 Å². The quantitative estimate of drug-likeness (QED) is 0.907. The Kier molecular flexibility index (Phi) is 4.58. The van der Waals surface area contributed by atoms with E-state index < -0.39 is 18.2 Å². The van der Waals surface area contributed by atoms with Crippen molar-refractivity contribution in [1.82, 2.24) is 0 Å². The standard InChI is InChI=1S/C18H15F3N2O3/c1-11-16(24)23(10-12-5-3-2-4-6-12)14-8-7-13(9-15(14)26-11)22-17(25)18(19,20)21/h2-9,11H,10H2,1H3,(H,22,25). The van der Waals surface area contributed by atoms with Gasteiger partial charge in [0.25, 0.3) is 5.91 Å². The van der Waals surface area contributed by atoms with Crippen LogP contribution in [0.2, 0.25) is 0 Å². The number of carbonyl (C=O) groups excluding carboxylic acids is 2. The first-order valence-electron chi connectivity index (χ1n) is 7.80. The number of benzene rings is 2. The molecule has 2 aromatic carbocycles. The van der Waals surface area contributed by atoms with Crippen molar-refractivity contribution in [1.29, 1.82) is 0 Å². The Hall–Kier alpha value is -3.03. The number of alkyl halides is 3. The van der Waals surface area contributed by atoms with Crippen molar-refractivity contribution in [2.75, 3.05) is 10.2 Å². The highest BCUT2D eigenvalue weighted by atomic mass is 19.4. The number of amides is 2. The van der Waals surface area contributed by atoms with Gasteiger partial charge in [-0.15, -0.1) is 0 Å². The number of hydrogen-bond acceptors (Lipinski definition) is 3. The van der Waals surface area contributed by atoms with E-state index in [1.807, 2.05) is 30.3 Å². The van der Waals surface area contributed by atoms with Gasteiger partial charge in [0.05, 0.1) is 12.2 Å². The van der Waals surface area contributed by atoms with Crippen molar-refractivity contribution in [2.45, 2.75) is 25.7 Å². The Morgan fingerprint density at radius 2 is 1.88 bits per heavy atom. The molecule has 0 aliphatic carbocycles. The lowest BCUT2D eigenvalue weighted by Crippen LogP contribution is -2.44. The number of ether oxygens (including phenoxy) is 1. The molecule has 0 aromatic heterocycles. The molecule has 1 aliphatic heterocycles. The second-order valence-electron chi connectivity index (χ2n) is 5.80. The van der Waals surface area contributed by atoms with E-state index in [1.165, 1.54) is 23.1 Å². The van der Waals surface area contributed by atoms with Crippen molar-refractivity contribution in [3.63, 3.8) is 0 Å². The lowest BCUT2D eigenvalue weighted by Gasteiger charge is -2.33. The maximum absolute atomic E-state index is 12.5. The highest BCUT2D eigenvalue weighted by Crippen LogP contribution is 2.37. The van der Waals surface area contributed by atoms with E-state index in [0.717, 1.165) is 5.56 Å². The molecule has 8 heteroatoms. The molecule has 0 saturated heterocycles. The predicted octanol–water partition coefficient (Wildman–Crippen LogP) is 3.50. The SMILES string of the molecule is CC1Oc2cc(NC(=O)C(F)(F)F)ccc2N(Cc2ccccc2)C1=O. The van der Waals surface area contributed by atoms with Crippen LogP contribution in [0.5, 0.6) is 5.75 Å². The number of halogens is 3. The Balaban J connectivity index is 1.89. The Labute approximate surface area is 147 Å². The third kappa shape index (κ3) is 3.63. The molecule has 1 unspecified atom stereocenters. The second-order valence-corrected chi connectivity index (χ2v) is 5.80. The zero-order chi connectivity index (χ0) is 18.9. The molecule has 0 fully saturated rings. The van der Waals surface area contributed by atoms with E-state index in [4.69, 9.17) is 4.74 Å². The average Bonchev–Trinajstić information content (AvgIpc) is 2.59. The van der Waals surface area contributed by atoms with Gasteiger partial charge in [0.15, 0.2) is 6.10 Å². The highest BCUT2D eigenvalue weighted by molar-refractivity contribution is 6.01. The first-order valence-corrected chi connectivity index (χ1v) is 7.80. The molecule has 2 aromatic rings. The van der Waals surface area contributed by atoms with Gasteiger partial charge < -0.3 is 15.0 Å². The average molecular weight is 364 g/mol. The van der Waals surface area contributed by atoms with Crippen molar-refractivity contribution >= 4 is 23.2 Å². The minimum absolute atomic E-state index is 0.0627. The summed E-state index contributed by atoms with van der Waals surface area (Å²) in [6, 6.07) is 13.3. The van der Waals surface area contributed by atoms with Crippen LogP contribution in [0.1, 0.15) is 12.5 Å². The number of nitrogens with zero attached hydrogens (tertiary/aromatic N) is 1. The van der Waals surface area contributed by atoms with Crippen molar-refractivity contribution in [3.05, 3.63) is 54.1 Å². The molecule has 2 amide bonds. The zero-order valence-electron chi connectivity index (χ0n) is 13.7. The summed E-state index contributed by atoms with van der Waals surface area (Å²) in [6.45, 7) is 1.86. The van der Waals surface area contributed by atoms with Gasteiger partial charge in [-0.1, -0.05) is 30.3 Å². The molecule has 1 N–H and O–H groups in total. The molecule has 5 nitrogen and oxygen atoms in total. The topological polar surface area (TPSA) is 58.6 Å². The van der Waals surface area contributed by atoms with Crippen LogP contribution in [0, 0.1) is 0 Å². The molecule has 0 bridgehead atoms. The molecular weight excluding hydrogens is 349 g/mol. The van der Waals surface area contributed by atoms with E-state index in [2.05, 4.69) is 0 Å². The van der Waals surface area contributed by atoms with Crippen molar-refractivity contribution < 1.29 is 27.5 Å². The molecule has 1 heterocycles. The monoisotopic (exact) mass is 364 g/mol. The predicted molar refractivity (Wildman–Crippen MR) is 88.8 cm³/mol. The minimum atomic E-state index is -4.99. The summed E-state index contributed by atoms with van der Waals surface area (Å²) in [5, 5.41) is 1.78. The van der Waals surface area contributed by atoms with Crippen LogP contribution >= 0.6 is 0 Å². The number of hydrogen-bond donors (Lipinski definition) is 1. The molecule has 3 rings (SSSR count). The smallest absolute Gasteiger partial charge is 0.471 e. The normalized spacial score (nSPS) is 16.7. The van der Waals surface area contributed by atoms with Gasteiger partial charge in [-0.2, -0.15) is 13.2 Å². The first-order chi connectivity index (χ1) is 12.3. The maximum Gasteiger partial charge on any atom is 0.471 e. The summed E-state index contributed by atoms with van der Waals surface area (Å²) < 4.78 is 42.7. The van der Waals surface area contributed by atoms with E-state index in [1.54, 1.807) is 12.2 Å². The summed E-state index contributed by atoms with van der Waals surface area (Å²) in [4.78, 5) is 25.1. The van der Waals surface area contributed by atoms with E-state index in [0.29, 0.717) is 12.2 Å². The summed E-state index contributed by atoms with van der Waals surface area (Å²) in [6.07, 6.45) is -5.78. The fraction of sp³-hybridized carbons (Fsp3) is 0.222. The Morgan fingerprint density at radius 3 is 2.54 bits per heavy atom.